The molecule has 0 radical (unpaired) electrons. The number of thiocarbonyl (C=S) groups is 1. The van der Waals surface area contributed by atoms with Crippen LogP contribution in [0, 0.1) is 0 Å². The van der Waals surface area contributed by atoms with Gasteiger partial charge in [0.25, 0.3) is 0 Å². The maximum absolute atomic E-state index is 11.2. The van der Waals surface area contributed by atoms with Crippen LogP contribution in [0.5, 0.6) is 5.75 Å². The number of anilines is 1. The van der Waals surface area contributed by atoms with Crippen molar-refractivity contribution in [2.45, 2.75) is 18.6 Å². The van der Waals surface area contributed by atoms with E-state index in [2.05, 4.69) is 21.2 Å². The number of halogens is 2. The van der Waals surface area contributed by atoms with Crippen molar-refractivity contribution in [3.63, 3.8) is 0 Å². The highest BCUT2D eigenvalue weighted by molar-refractivity contribution is 9.10. The largest absolute Gasteiger partial charge is 0.495 e. The maximum atomic E-state index is 11.2. The number of aliphatic carboxylic acids is 1. The zero-order valence-corrected chi connectivity index (χ0v) is 16.8. The molecular weight excluding hydrogens is 442 g/mol. The van der Waals surface area contributed by atoms with Crippen molar-refractivity contribution in [2.75, 3.05) is 12.4 Å². The molecule has 0 amide bonds. The van der Waals surface area contributed by atoms with E-state index in [1.54, 1.807) is 6.07 Å². The lowest BCUT2D eigenvalue weighted by Gasteiger charge is -2.23. The quantitative estimate of drug-likeness (QED) is 0.643. The van der Waals surface area contributed by atoms with Gasteiger partial charge >= 0.3 is 5.97 Å². The fourth-order valence-electron chi connectivity index (χ4n) is 2.81. The summed E-state index contributed by atoms with van der Waals surface area (Å²) in [5.74, 6) is -0.486. The molecule has 1 aliphatic rings. The van der Waals surface area contributed by atoms with Crippen LogP contribution in [0.4, 0.5) is 5.69 Å². The molecule has 0 aliphatic carbocycles. The summed E-state index contributed by atoms with van der Waals surface area (Å²) in [5, 5.41) is 12.7. The number of carboxylic acid groups (broad SMARTS) is 1. The molecule has 0 saturated heterocycles. The molecule has 0 unspecified atom stereocenters. The van der Waals surface area contributed by atoms with Gasteiger partial charge in [-0.3, -0.25) is 4.79 Å². The van der Waals surface area contributed by atoms with E-state index >= 15 is 0 Å². The second-order valence-electron chi connectivity index (χ2n) is 5.69. The average molecular weight is 457 g/mol. The molecular formula is C18H15BrClNO4S. The van der Waals surface area contributed by atoms with Crippen LogP contribution >= 0.6 is 39.7 Å². The van der Waals surface area contributed by atoms with Crippen LogP contribution < -0.4 is 10.1 Å². The molecule has 0 aromatic heterocycles. The molecule has 0 spiro atoms. The second kappa shape index (κ2) is 7.92. The smallest absolute Gasteiger partial charge is 0.306 e. The first-order valence-corrected chi connectivity index (χ1v) is 9.28. The first kappa shape index (κ1) is 19.1. The Bertz CT molecular complexity index is 876. The van der Waals surface area contributed by atoms with Crippen LogP contribution in [0.2, 0.25) is 5.02 Å². The fraction of sp³-hybridized carbons (Fsp3) is 0.222. The van der Waals surface area contributed by atoms with E-state index in [-0.39, 0.29) is 6.42 Å². The Morgan fingerprint density at radius 2 is 2.15 bits per heavy atom. The number of hydrogen-bond acceptors (Lipinski definition) is 4. The maximum Gasteiger partial charge on any atom is 0.306 e. The third-order valence-electron chi connectivity index (χ3n) is 4.00. The van der Waals surface area contributed by atoms with Gasteiger partial charge in [0.1, 0.15) is 22.9 Å². The van der Waals surface area contributed by atoms with Crippen LogP contribution in [0.1, 0.15) is 23.7 Å². The van der Waals surface area contributed by atoms with Gasteiger partial charge in [0.15, 0.2) is 0 Å². The minimum Gasteiger partial charge on any atom is -0.495 e. The highest BCUT2D eigenvalue weighted by Gasteiger charge is 2.32. The Kier molecular flexibility index (Phi) is 5.82. The van der Waals surface area contributed by atoms with E-state index in [9.17, 15) is 9.90 Å². The minimum atomic E-state index is -0.998. The van der Waals surface area contributed by atoms with Crippen LogP contribution in [0.3, 0.4) is 0 Å². The minimum absolute atomic E-state index is 0.251. The first-order valence-electron chi connectivity index (χ1n) is 7.70. The number of benzene rings is 2. The highest BCUT2D eigenvalue weighted by atomic mass is 79.9. The SMILES string of the molecule is COc1cccc([C@H]2O[C@H](CC(=O)O)C(=S)Nc3ccc(Br)cc32)c1Cl. The van der Waals surface area contributed by atoms with Gasteiger partial charge in [0.05, 0.1) is 18.6 Å². The van der Waals surface area contributed by atoms with Gasteiger partial charge in [0.2, 0.25) is 0 Å². The summed E-state index contributed by atoms with van der Waals surface area (Å²) in [6.07, 6.45) is -1.65. The lowest BCUT2D eigenvalue weighted by atomic mass is 9.99. The van der Waals surface area contributed by atoms with Crippen molar-refractivity contribution in [1.82, 2.24) is 0 Å². The number of rotatable bonds is 4. The summed E-state index contributed by atoms with van der Waals surface area (Å²) in [7, 11) is 1.54. The fourth-order valence-corrected chi connectivity index (χ4v) is 3.73. The summed E-state index contributed by atoms with van der Waals surface area (Å²) in [6, 6.07) is 11.0. The summed E-state index contributed by atoms with van der Waals surface area (Å²) in [5.41, 5.74) is 2.21. The monoisotopic (exact) mass is 455 g/mol. The van der Waals surface area contributed by atoms with Crippen LogP contribution in [-0.2, 0) is 9.53 Å². The van der Waals surface area contributed by atoms with E-state index in [4.69, 9.17) is 33.3 Å². The second-order valence-corrected chi connectivity index (χ2v) is 7.42. The van der Waals surface area contributed by atoms with Crippen LogP contribution in [0.15, 0.2) is 40.9 Å². The third kappa shape index (κ3) is 3.86. The van der Waals surface area contributed by atoms with Crippen LogP contribution in [0.25, 0.3) is 0 Å². The summed E-state index contributed by atoms with van der Waals surface area (Å²) < 4.78 is 12.3. The molecule has 5 nitrogen and oxygen atoms in total. The molecule has 2 atom stereocenters. The number of carbonyl (C=O) groups is 1. The molecule has 0 bridgehead atoms. The predicted molar refractivity (Wildman–Crippen MR) is 107 cm³/mol. The van der Waals surface area contributed by atoms with Gasteiger partial charge in [0, 0.05) is 21.3 Å². The predicted octanol–water partition coefficient (Wildman–Crippen LogP) is 4.81. The average Bonchev–Trinajstić information content (AvgIpc) is 2.72. The van der Waals surface area contributed by atoms with Crippen molar-refractivity contribution >= 4 is 56.4 Å². The first-order chi connectivity index (χ1) is 12.4. The Morgan fingerprint density at radius 1 is 1.38 bits per heavy atom. The van der Waals surface area contributed by atoms with Crippen molar-refractivity contribution < 1.29 is 19.4 Å². The molecule has 2 aromatic carbocycles. The van der Waals surface area contributed by atoms with Crippen molar-refractivity contribution in [3.8, 4) is 5.75 Å². The third-order valence-corrected chi connectivity index (χ3v) is 5.26. The standard InChI is InChI=1S/C18H15BrClNO4S/c1-24-13-4-2-3-10(16(13)20)17-11-7-9(19)5-6-12(11)21-18(26)14(25-17)8-15(22)23/h2-7,14,17H,8H2,1H3,(H,21,26)(H,22,23)/t14-,17-/m1/s1. The van der Waals surface area contributed by atoms with E-state index in [0.717, 1.165) is 15.7 Å². The van der Waals surface area contributed by atoms with Gasteiger partial charge in [-0.2, -0.15) is 0 Å². The Morgan fingerprint density at radius 3 is 2.85 bits per heavy atom. The number of methoxy groups -OCH3 is 1. The van der Waals surface area contributed by atoms with E-state index in [1.807, 2.05) is 30.3 Å². The normalized spacial score (nSPS) is 19.3. The topological polar surface area (TPSA) is 67.8 Å². The number of fused-ring (bicyclic) bond motifs is 1. The Labute approximate surface area is 169 Å². The molecule has 3 rings (SSSR count). The van der Waals surface area contributed by atoms with Gasteiger partial charge < -0.3 is 19.9 Å². The summed E-state index contributed by atoms with van der Waals surface area (Å²) >= 11 is 15.3. The van der Waals surface area contributed by atoms with Gasteiger partial charge in [-0.05, 0) is 24.3 Å². The van der Waals surface area contributed by atoms with Crippen molar-refractivity contribution in [1.29, 1.82) is 0 Å². The van der Waals surface area contributed by atoms with Gasteiger partial charge in [-0.25, -0.2) is 0 Å². The number of nitrogens with one attached hydrogen (secondary N) is 1. The molecule has 136 valence electrons. The van der Waals surface area contributed by atoms with E-state index < -0.39 is 18.2 Å². The van der Waals surface area contributed by atoms with E-state index in [1.165, 1.54) is 7.11 Å². The molecule has 1 heterocycles. The zero-order chi connectivity index (χ0) is 18.8. The van der Waals surface area contributed by atoms with E-state index in [0.29, 0.717) is 21.3 Å². The van der Waals surface area contributed by atoms with Gasteiger partial charge in [-0.15, -0.1) is 0 Å². The number of ether oxygens (including phenoxy) is 2. The van der Waals surface area contributed by atoms with Crippen molar-refractivity contribution in [2.24, 2.45) is 0 Å². The Balaban J connectivity index is 2.15. The number of hydrogen-bond donors (Lipinski definition) is 2. The highest BCUT2D eigenvalue weighted by Crippen LogP contribution is 2.42. The van der Waals surface area contributed by atoms with Crippen LogP contribution in [-0.4, -0.2) is 29.3 Å². The Hall–Kier alpha value is -1.67. The molecule has 2 N–H and O–H groups in total. The molecule has 2 aromatic rings. The molecule has 0 fully saturated rings. The summed E-state index contributed by atoms with van der Waals surface area (Å²) in [6.45, 7) is 0. The molecule has 0 saturated carbocycles. The van der Waals surface area contributed by atoms with Gasteiger partial charge in [-0.1, -0.05) is 51.9 Å². The zero-order valence-electron chi connectivity index (χ0n) is 13.7. The lowest BCUT2D eigenvalue weighted by molar-refractivity contribution is -0.139. The van der Waals surface area contributed by atoms with Crippen molar-refractivity contribution in [3.05, 3.63) is 57.0 Å². The molecule has 8 heteroatoms. The lowest BCUT2D eigenvalue weighted by Crippen LogP contribution is -2.30. The summed E-state index contributed by atoms with van der Waals surface area (Å²) in [4.78, 5) is 11.6. The number of carboxylic acids is 1. The molecule has 26 heavy (non-hydrogen) atoms. The molecule has 1 aliphatic heterocycles.